The van der Waals surface area contributed by atoms with Crippen LogP contribution in [0.2, 0.25) is 0 Å². The maximum Gasteiger partial charge on any atom is 0.428 e. The van der Waals surface area contributed by atoms with Gasteiger partial charge in [0.2, 0.25) is 0 Å². The van der Waals surface area contributed by atoms with Gasteiger partial charge in [-0.05, 0) is 27.7 Å². The highest BCUT2D eigenvalue weighted by molar-refractivity contribution is 6.83. The van der Waals surface area contributed by atoms with E-state index in [1.165, 1.54) is 0 Å². The summed E-state index contributed by atoms with van der Waals surface area (Å²) in [5, 5.41) is 19.2. The first-order valence-electron chi connectivity index (χ1n) is 5.58. The minimum absolute atomic E-state index is 0.407. The molecule has 0 heterocycles. The summed E-state index contributed by atoms with van der Waals surface area (Å²) >= 11 is 0. The van der Waals surface area contributed by atoms with Crippen molar-refractivity contribution in [2.45, 2.75) is 27.7 Å². The summed E-state index contributed by atoms with van der Waals surface area (Å²) in [6.07, 6.45) is 3.33. The molecule has 0 aliphatic heterocycles. The van der Waals surface area contributed by atoms with Crippen molar-refractivity contribution in [3.63, 3.8) is 0 Å². The Morgan fingerprint density at radius 3 is 1.53 bits per heavy atom. The smallest absolute Gasteiger partial charge is 0.387 e. The van der Waals surface area contributed by atoms with Gasteiger partial charge in [-0.3, -0.25) is 0 Å². The van der Waals surface area contributed by atoms with Crippen molar-refractivity contribution < 1.29 is 8.85 Å². The van der Waals surface area contributed by atoms with Crippen molar-refractivity contribution in [3.8, 4) is 12.1 Å². The van der Waals surface area contributed by atoms with Crippen LogP contribution < -0.4 is 0 Å². The third-order valence-electron chi connectivity index (χ3n) is 2.22. The van der Waals surface area contributed by atoms with Gasteiger partial charge in [-0.2, -0.15) is 10.5 Å². The third-order valence-corrected chi connectivity index (χ3v) is 5.83. The second-order valence-corrected chi connectivity index (χ2v) is 6.00. The van der Waals surface area contributed by atoms with Crippen LogP contribution in [-0.2, 0) is 8.85 Å². The van der Waals surface area contributed by atoms with Crippen molar-refractivity contribution in [1.29, 1.82) is 10.5 Å². The summed E-state index contributed by atoms with van der Waals surface area (Å²) < 4.78 is 11.4. The highest BCUT2D eigenvalue weighted by atomic mass is 28.4. The van der Waals surface area contributed by atoms with Crippen molar-refractivity contribution in [3.05, 3.63) is 22.5 Å². The summed E-state index contributed by atoms with van der Waals surface area (Å²) in [6, 6.07) is 4.18. The molecule has 17 heavy (non-hydrogen) atoms. The van der Waals surface area contributed by atoms with Gasteiger partial charge in [-0.15, -0.1) is 0 Å². The largest absolute Gasteiger partial charge is 0.428 e. The highest BCUT2D eigenvalue weighted by Gasteiger charge is 2.46. The molecule has 0 aromatic carbocycles. The van der Waals surface area contributed by atoms with Crippen LogP contribution in [0, 0.1) is 22.7 Å². The van der Waals surface area contributed by atoms with Crippen LogP contribution in [0.1, 0.15) is 27.7 Å². The summed E-state index contributed by atoms with van der Waals surface area (Å²) in [5.74, 6) is 0. The van der Waals surface area contributed by atoms with Gasteiger partial charge < -0.3 is 8.85 Å². The molecule has 5 heteroatoms. The molecule has 0 saturated heterocycles. The standard InChI is InChI=1S/C12H18N2O2Si/c1-5-11(9-13)17(15-7-3,16-8-4)12(6-2)10-14/h5-6H,7-8H2,1-4H3. The summed E-state index contributed by atoms with van der Waals surface area (Å²) in [4.78, 5) is 0. The maximum atomic E-state index is 9.17. The minimum atomic E-state index is -3.05. The first-order valence-corrected chi connectivity index (χ1v) is 7.40. The molecule has 0 amide bonds. The number of nitriles is 2. The van der Waals surface area contributed by atoms with Gasteiger partial charge in [-0.1, -0.05) is 12.2 Å². The third kappa shape index (κ3) is 3.27. The SMILES string of the molecule is CC=C(C#N)[Si](OCC)(OCC)C(C#N)=CC. The van der Waals surface area contributed by atoms with E-state index in [2.05, 4.69) is 12.1 Å². The predicted octanol–water partition coefficient (Wildman–Crippen LogP) is 2.52. The highest BCUT2D eigenvalue weighted by Crippen LogP contribution is 2.26. The zero-order chi connectivity index (χ0) is 13.3. The lowest BCUT2D eigenvalue weighted by Gasteiger charge is -2.28. The average molecular weight is 250 g/mol. The Bertz CT molecular complexity index is 350. The normalized spacial score (nSPS) is 13.1. The predicted molar refractivity (Wildman–Crippen MR) is 67.7 cm³/mol. The first kappa shape index (κ1) is 15.6. The van der Waals surface area contributed by atoms with E-state index in [1.54, 1.807) is 26.0 Å². The van der Waals surface area contributed by atoms with E-state index in [0.29, 0.717) is 23.6 Å². The van der Waals surface area contributed by atoms with E-state index >= 15 is 0 Å². The lowest BCUT2D eigenvalue weighted by molar-refractivity contribution is 0.202. The fourth-order valence-electron chi connectivity index (χ4n) is 1.56. The van der Waals surface area contributed by atoms with Crippen molar-refractivity contribution in [1.82, 2.24) is 0 Å². The van der Waals surface area contributed by atoms with Crippen molar-refractivity contribution in [2.75, 3.05) is 13.2 Å². The van der Waals surface area contributed by atoms with Gasteiger partial charge in [-0.25, -0.2) is 0 Å². The van der Waals surface area contributed by atoms with Crippen LogP contribution in [0.5, 0.6) is 0 Å². The Labute approximate surface area is 104 Å². The first-order chi connectivity index (χ1) is 8.16. The molecular formula is C12H18N2O2Si. The summed E-state index contributed by atoms with van der Waals surface area (Å²) in [6.45, 7) is 7.98. The topological polar surface area (TPSA) is 66.0 Å². The van der Waals surface area contributed by atoms with Crippen LogP contribution >= 0.6 is 0 Å². The molecule has 0 bridgehead atoms. The number of hydrogen-bond donors (Lipinski definition) is 0. The van der Waals surface area contributed by atoms with Gasteiger partial charge in [0.15, 0.2) is 0 Å². The molecule has 0 rings (SSSR count). The fraction of sp³-hybridized carbons (Fsp3) is 0.500. The summed E-state index contributed by atoms with van der Waals surface area (Å²) in [7, 11) is -3.05. The molecule has 0 aromatic heterocycles. The molecule has 4 nitrogen and oxygen atoms in total. The maximum absolute atomic E-state index is 9.17. The van der Waals surface area contributed by atoms with E-state index in [9.17, 15) is 10.5 Å². The van der Waals surface area contributed by atoms with Crippen LogP contribution in [0.25, 0.3) is 0 Å². The van der Waals surface area contributed by atoms with E-state index in [1.807, 2.05) is 13.8 Å². The molecule has 0 saturated carbocycles. The molecule has 0 unspecified atom stereocenters. The quantitative estimate of drug-likeness (QED) is 0.536. The lowest BCUT2D eigenvalue weighted by atomic mass is 10.5. The van der Waals surface area contributed by atoms with Gasteiger partial charge in [0.25, 0.3) is 0 Å². The Balaban J connectivity index is 5.77. The molecule has 0 N–H and O–H groups in total. The van der Waals surface area contributed by atoms with E-state index in [0.717, 1.165) is 0 Å². The Morgan fingerprint density at radius 1 is 1.00 bits per heavy atom. The lowest BCUT2D eigenvalue weighted by Crippen LogP contribution is -2.47. The number of nitrogens with zero attached hydrogens (tertiary/aromatic N) is 2. The zero-order valence-electron chi connectivity index (χ0n) is 10.8. The van der Waals surface area contributed by atoms with Crippen LogP contribution in [0.4, 0.5) is 0 Å². The molecule has 0 aliphatic rings. The van der Waals surface area contributed by atoms with Gasteiger partial charge in [0.05, 0.1) is 22.5 Å². The zero-order valence-corrected chi connectivity index (χ0v) is 11.8. The second kappa shape index (κ2) is 7.80. The monoisotopic (exact) mass is 250 g/mol. The molecule has 0 aliphatic carbocycles. The Morgan fingerprint density at radius 2 is 1.35 bits per heavy atom. The molecule has 0 aromatic rings. The van der Waals surface area contributed by atoms with E-state index in [-0.39, 0.29) is 0 Å². The molecular weight excluding hydrogens is 232 g/mol. The fourth-order valence-corrected chi connectivity index (χ4v) is 4.42. The van der Waals surface area contributed by atoms with Gasteiger partial charge >= 0.3 is 8.56 Å². The number of allylic oxidation sites excluding steroid dienone is 4. The number of hydrogen-bond acceptors (Lipinski definition) is 4. The van der Waals surface area contributed by atoms with Crippen LogP contribution in [0.3, 0.4) is 0 Å². The average Bonchev–Trinajstić information content (AvgIpc) is 2.32. The molecule has 92 valence electrons. The Hall–Kier alpha value is -1.40. The van der Waals surface area contributed by atoms with Gasteiger partial charge in [0, 0.05) is 13.2 Å². The minimum Gasteiger partial charge on any atom is -0.387 e. The van der Waals surface area contributed by atoms with Crippen LogP contribution in [-0.4, -0.2) is 21.8 Å². The van der Waals surface area contributed by atoms with Crippen LogP contribution in [0.15, 0.2) is 22.5 Å². The Kier molecular flexibility index (Phi) is 7.16. The molecule has 0 fully saturated rings. The van der Waals surface area contributed by atoms with Crippen molar-refractivity contribution in [2.24, 2.45) is 0 Å². The van der Waals surface area contributed by atoms with E-state index in [4.69, 9.17) is 8.85 Å². The summed E-state index contributed by atoms with van der Waals surface area (Å²) in [5.41, 5.74) is 0. The number of rotatable bonds is 6. The second-order valence-electron chi connectivity index (χ2n) is 3.11. The molecule has 0 radical (unpaired) electrons. The van der Waals surface area contributed by atoms with E-state index < -0.39 is 8.56 Å². The van der Waals surface area contributed by atoms with Gasteiger partial charge in [0.1, 0.15) is 0 Å². The molecule has 0 atom stereocenters. The molecule has 0 spiro atoms. The van der Waals surface area contributed by atoms with Crippen molar-refractivity contribution >= 4 is 8.56 Å².